The molecule has 11 nitrogen and oxygen atoms in total. The van der Waals surface area contributed by atoms with Gasteiger partial charge in [-0.25, -0.2) is 0 Å². The van der Waals surface area contributed by atoms with Gasteiger partial charge in [0.1, 0.15) is 6.10 Å². The minimum atomic E-state index is -1.35. The highest BCUT2D eigenvalue weighted by Gasteiger charge is 2.32. The third-order valence-electron chi connectivity index (χ3n) is 3.41. The number of amides is 2. The van der Waals surface area contributed by atoms with Crippen LogP contribution in [0.4, 0.5) is 0 Å². The maximum absolute atomic E-state index is 11.8. The number of nitrogens with one attached hydrogen (secondary N) is 2. The van der Waals surface area contributed by atoms with E-state index in [0.29, 0.717) is 12.3 Å². The van der Waals surface area contributed by atoms with Crippen molar-refractivity contribution in [2.75, 3.05) is 39.5 Å². The van der Waals surface area contributed by atoms with Crippen molar-refractivity contribution >= 4 is 35.7 Å². The molecule has 0 radical (unpaired) electrons. The molecule has 0 aliphatic rings. The zero-order chi connectivity index (χ0) is 21.0. The average Bonchev–Trinajstić information content (AvgIpc) is 2.60. The Balaban J connectivity index is 4.00. The zero-order valence-electron chi connectivity index (χ0n) is 16.2. The number of guanidine groups is 2. The van der Waals surface area contributed by atoms with Gasteiger partial charge in [-0.1, -0.05) is 13.8 Å². The van der Waals surface area contributed by atoms with Gasteiger partial charge in [-0.3, -0.25) is 9.59 Å². The zero-order valence-corrected chi connectivity index (χ0v) is 17.0. The Morgan fingerprint density at radius 1 is 1.22 bits per heavy atom. The van der Waals surface area contributed by atoms with Gasteiger partial charge in [0.2, 0.25) is 17.8 Å². The van der Waals surface area contributed by atoms with Crippen LogP contribution in [0.3, 0.4) is 0 Å². The van der Waals surface area contributed by atoms with E-state index in [1.807, 2.05) is 0 Å². The SMILES string of the molecule is CN(C)/C(N)=N/C(N)=N/SCCNC(=O)CCNC(=O)C(O)C(C)(C)CO. The van der Waals surface area contributed by atoms with Crippen molar-refractivity contribution in [2.45, 2.75) is 26.4 Å². The maximum atomic E-state index is 11.8. The van der Waals surface area contributed by atoms with E-state index in [1.54, 1.807) is 32.8 Å². The van der Waals surface area contributed by atoms with Crippen molar-refractivity contribution in [1.29, 1.82) is 0 Å². The fraction of sp³-hybridized carbons (Fsp3) is 0.733. The maximum Gasteiger partial charge on any atom is 0.249 e. The van der Waals surface area contributed by atoms with Gasteiger partial charge < -0.3 is 37.2 Å². The molecule has 0 saturated carbocycles. The molecule has 12 heteroatoms. The summed E-state index contributed by atoms with van der Waals surface area (Å²) in [5, 5.41) is 24.1. The molecule has 1 atom stereocenters. The van der Waals surface area contributed by atoms with Crippen molar-refractivity contribution in [3.8, 4) is 0 Å². The molecule has 156 valence electrons. The van der Waals surface area contributed by atoms with Crippen LogP contribution < -0.4 is 22.1 Å². The molecule has 0 aromatic rings. The standard InChI is InChI=1S/C15H31N7O4S/c1-15(2,9-23)11(25)12(26)19-6-5-10(24)18-7-8-27-21-13(16)20-14(17)22(3)4/h11,23,25H,5-9H2,1-4H3,(H,18,24)(H,19,26)(H4,16,17,20,21). The van der Waals surface area contributed by atoms with Gasteiger partial charge in [-0.15, -0.1) is 0 Å². The normalized spacial score (nSPS) is 13.9. The highest BCUT2D eigenvalue weighted by Crippen LogP contribution is 2.19. The molecule has 0 heterocycles. The highest BCUT2D eigenvalue weighted by molar-refractivity contribution is 7.98. The van der Waals surface area contributed by atoms with Gasteiger partial charge in [0.25, 0.3) is 0 Å². The van der Waals surface area contributed by atoms with Crippen LogP contribution in [0.1, 0.15) is 20.3 Å². The van der Waals surface area contributed by atoms with Crippen LogP contribution in [0.2, 0.25) is 0 Å². The van der Waals surface area contributed by atoms with Crippen molar-refractivity contribution in [1.82, 2.24) is 15.5 Å². The fourth-order valence-electron chi connectivity index (χ4n) is 1.51. The number of nitrogens with two attached hydrogens (primary N) is 2. The van der Waals surface area contributed by atoms with Crippen LogP contribution in [-0.4, -0.2) is 84.5 Å². The molecule has 0 bridgehead atoms. The summed E-state index contributed by atoms with van der Waals surface area (Å²) in [6, 6.07) is 0. The first kappa shape index (κ1) is 24.9. The quantitative estimate of drug-likeness (QED) is 0.103. The van der Waals surface area contributed by atoms with Crippen molar-refractivity contribution in [3.05, 3.63) is 0 Å². The minimum Gasteiger partial charge on any atom is -0.396 e. The molecule has 1 unspecified atom stereocenters. The summed E-state index contributed by atoms with van der Waals surface area (Å²) in [7, 11) is 3.46. The predicted octanol–water partition coefficient (Wildman–Crippen LogP) is -2.17. The van der Waals surface area contributed by atoms with Crippen molar-refractivity contribution in [3.63, 3.8) is 0 Å². The van der Waals surface area contributed by atoms with Crippen molar-refractivity contribution < 1.29 is 19.8 Å². The van der Waals surface area contributed by atoms with E-state index in [9.17, 15) is 14.7 Å². The molecule has 0 spiro atoms. The largest absolute Gasteiger partial charge is 0.396 e. The summed E-state index contributed by atoms with van der Waals surface area (Å²) in [6.07, 6.45) is -1.29. The number of nitrogens with zero attached hydrogens (tertiary/aromatic N) is 3. The van der Waals surface area contributed by atoms with Crippen LogP contribution in [0.5, 0.6) is 0 Å². The molecular weight excluding hydrogens is 374 g/mol. The third-order valence-corrected chi connectivity index (χ3v) is 4.11. The van der Waals surface area contributed by atoms with Gasteiger partial charge in [0.05, 0.1) is 6.61 Å². The summed E-state index contributed by atoms with van der Waals surface area (Å²) in [6.45, 7) is 3.25. The molecule has 2 amide bonds. The summed E-state index contributed by atoms with van der Waals surface area (Å²) in [4.78, 5) is 28.9. The monoisotopic (exact) mass is 405 g/mol. The lowest BCUT2D eigenvalue weighted by Crippen LogP contribution is -2.46. The van der Waals surface area contributed by atoms with Gasteiger partial charge >= 0.3 is 0 Å². The van der Waals surface area contributed by atoms with E-state index in [0.717, 1.165) is 11.9 Å². The molecule has 0 aromatic heterocycles. The number of rotatable bonds is 10. The number of carbonyl (C=O) groups excluding carboxylic acids is 2. The first-order chi connectivity index (χ1) is 12.5. The lowest BCUT2D eigenvalue weighted by molar-refractivity contribution is -0.137. The number of hydrogen-bond acceptors (Lipinski definition) is 6. The lowest BCUT2D eigenvalue weighted by Gasteiger charge is -2.27. The molecule has 0 aliphatic heterocycles. The summed E-state index contributed by atoms with van der Waals surface area (Å²) in [5.74, 6) is -0.123. The van der Waals surface area contributed by atoms with Gasteiger partial charge in [0, 0.05) is 44.8 Å². The van der Waals surface area contributed by atoms with Crippen LogP contribution in [0.15, 0.2) is 9.39 Å². The number of hydrogen-bond donors (Lipinski definition) is 6. The van der Waals surface area contributed by atoms with Crippen LogP contribution in [0, 0.1) is 5.41 Å². The Kier molecular flexibility index (Phi) is 11.4. The van der Waals surface area contributed by atoms with Gasteiger partial charge in [-0.2, -0.15) is 9.39 Å². The van der Waals surface area contributed by atoms with Crippen molar-refractivity contribution in [2.24, 2.45) is 26.3 Å². The number of carbonyl (C=O) groups is 2. The van der Waals surface area contributed by atoms with E-state index >= 15 is 0 Å². The van der Waals surface area contributed by atoms with Crippen LogP contribution >= 0.6 is 11.9 Å². The Labute approximate surface area is 163 Å². The fourth-order valence-corrected chi connectivity index (χ4v) is 1.97. The molecule has 0 aliphatic carbocycles. The van der Waals surface area contributed by atoms with Gasteiger partial charge in [-0.05, 0) is 11.9 Å². The first-order valence-corrected chi connectivity index (χ1v) is 9.25. The first-order valence-electron chi connectivity index (χ1n) is 8.31. The van der Waals surface area contributed by atoms with Crippen LogP contribution in [0.25, 0.3) is 0 Å². The Bertz CT molecular complexity index is 552. The highest BCUT2D eigenvalue weighted by atomic mass is 32.2. The third kappa shape index (κ3) is 10.6. The van der Waals surface area contributed by atoms with E-state index in [1.165, 1.54) is 0 Å². The molecule has 0 fully saturated rings. The second-order valence-electron chi connectivity index (χ2n) is 6.59. The molecule has 27 heavy (non-hydrogen) atoms. The Hall–Kier alpha value is -2.05. The predicted molar refractivity (Wildman–Crippen MR) is 107 cm³/mol. The molecule has 0 rings (SSSR count). The number of aliphatic hydroxyl groups excluding tert-OH is 2. The smallest absolute Gasteiger partial charge is 0.249 e. The number of aliphatic imine (C=N–C) groups is 1. The average molecular weight is 406 g/mol. The Morgan fingerprint density at radius 2 is 1.85 bits per heavy atom. The van der Waals surface area contributed by atoms with E-state index in [4.69, 9.17) is 16.6 Å². The number of aliphatic hydroxyl groups is 2. The van der Waals surface area contributed by atoms with Gasteiger partial charge in [0.15, 0.2) is 5.96 Å². The van der Waals surface area contributed by atoms with E-state index in [2.05, 4.69) is 20.0 Å². The second-order valence-corrected chi connectivity index (χ2v) is 7.44. The van der Waals surface area contributed by atoms with E-state index < -0.39 is 17.4 Å². The second kappa shape index (κ2) is 12.4. The molecular formula is C15H31N7O4S. The van der Waals surface area contributed by atoms with E-state index in [-0.39, 0.29) is 37.4 Å². The Morgan fingerprint density at radius 3 is 2.41 bits per heavy atom. The van der Waals surface area contributed by atoms with Crippen LogP contribution in [-0.2, 0) is 9.59 Å². The molecule has 0 aromatic carbocycles. The topological polar surface area (TPSA) is 179 Å². The lowest BCUT2D eigenvalue weighted by atomic mass is 9.87. The summed E-state index contributed by atoms with van der Waals surface area (Å²) < 4.78 is 3.94. The summed E-state index contributed by atoms with van der Waals surface area (Å²) in [5.41, 5.74) is 10.2. The molecule has 0 saturated heterocycles. The minimum absolute atomic E-state index is 0.0320. The summed E-state index contributed by atoms with van der Waals surface area (Å²) >= 11 is 1.14. The molecule has 8 N–H and O–H groups in total.